The minimum atomic E-state index is -0.929. The number of carboxylic acids is 1. The lowest BCUT2D eigenvalue weighted by atomic mass is 10.1. The van der Waals surface area contributed by atoms with Gasteiger partial charge in [-0.05, 0) is 18.2 Å². The minimum absolute atomic E-state index is 0.121. The van der Waals surface area contributed by atoms with E-state index in [1.807, 2.05) is 0 Å². The SMILES string of the molecule is COc1ccc(C#CCNC(C)=O)cc1CC(=O)O. The number of rotatable bonds is 4. The van der Waals surface area contributed by atoms with E-state index in [9.17, 15) is 9.59 Å². The lowest BCUT2D eigenvalue weighted by Gasteiger charge is -2.06. The van der Waals surface area contributed by atoms with Gasteiger partial charge in [-0.2, -0.15) is 0 Å². The van der Waals surface area contributed by atoms with Crippen molar-refractivity contribution in [3.05, 3.63) is 29.3 Å². The van der Waals surface area contributed by atoms with Gasteiger partial charge in [-0.3, -0.25) is 9.59 Å². The van der Waals surface area contributed by atoms with Crippen LogP contribution in [0, 0.1) is 11.8 Å². The van der Waals surface area contributed by atoms with Crippen molar-refractivity contribution in [2.45, 2.75) is 13.3 Å². The highest BCUT2D eigenvalue weighted by atomic mass is 16.5. The third-order valence-corrected chi connectivity index (χ3v) is 2.28. The molecule has 19 heavy (non-hydrogen) atoms. The van der Waals surface area contributed by atoms with Crippen LogP contribution < -0.4 is 10.1 Å². The van der Waals surface area contributed by atoms with Crippen LogP contribution in [0.1, 0.15) is 18.1 Å². The van der Waals surface area contributed by atoms with Crippen molar-refractivity contribution in [2.75, 3.05) is 13.7 Å². The Morgan fingerprint density at radius 3 is 2.74 bits per heavy atom. The summed E-state index contributed by atoms with van der Waals surface area (Å²) >= 11 is 0. The van der Waals surface area contributed by atoms with Gasteiger partial charge >= 0.3 is 5.97 Å². The van der Waals surface area contributed by atoms with Crippen LogP contribution in [0.15, 0.2) is 18.2 Å². The largest absolute Gasteiger partial charge is 0.496 e. The Hall–Kier alpha value is -2.48. The first-order valence-corrected chi connectivity index (χ1v) is 5.65. The van der Waals surface area contributed by atoms with Crippen LogP contribution in [-0.4, -0.2) is 30.6 Å². The van der Waals surface area contributed by atoms with E-state index in [-0.39, 0.29) is 18.9 Å². The molecule has 0 aromatic heterocycles. The van der Waals surface area contributed by atoms with E-state index in [4.69, 9.17) is 9.84 Å². The van der Waals surface area contributed by atoms with E-state index >= 15 is 0 Å². The molecule has 0 radical (unpaired) electrons. The van der Waals surface area contributed by atoms with E-state index in [2.05, 4.69) is 17.2 Å². The molecular weight excluding hydrogens is 246 g/mol. The van der Waals surface area contributed by atoms with Crippen molar-refractivity contribution in [2.24, 2.45) is 0 Å². The molecule has 5 nitrogen and oxygen atoms in total. The van der Waals surface area contributed by atoms with E-state index < -0.39 is 5.97 Å². The molecule has 0 atom stereocenters. The highest BCUT2D eigenvalue weighted by Gasteiger charge is 2.07. The zero-order valence-corrected chi connectivity index (χ0v) is 10.8. The topological polar surface area (TPSA) is 75.6 Å². The van der Waals surface area contributed by atoms with Gasteiger partial charge in [0.1, 0.15) is 5.75 Å². The molecule has 1 rings (SSSR count). The Balaban J connectivity index is 2.85. The fourth-order valence-electron chi connectivity index (χ4n) is 1.47. The smallest absolute Gasteiger partial charge is 0.307 e. The van der Waals surface area contributed by atoms with Gasteiger partial charge in [0.05, 0.1) is 20.1 Å². The van der Waals surface area contributed by atoms with E-state index in [0.717, 1.165) is 0 Å². The predicted molar refractivity (Wildman–Crippen MR) is 69.9 cm³/mol. The third-order valence-electron chi connectivity index (χ3n) is 2.28. The lowest BCUT2D eigenvalue weighted by Crippen LogP contribution is -2.19. The Morgan fingerprint density at radius 2 is 2.16 bits per heavy atom. The second-order valence-electron chi connectivity index (χ2n) is 3.81. The number of carbonyl (C=O) groups excluding carboxylic acids is 1. The van der Waals surface area contributed by atoms with Crippen LogP contribution in [0.4, 0.5) is 0 Å². The zero-order valence-electron chi connectivity index (χ0n) is 10.8. The van der Waals surface area contributed by atoms with Crippen LogP contribution in [0.25, 0.3) is 0 Å². The molecule has 0 bridgehead atoms. The molecule has 5 heteroatoms. The summed E-state index contributed by atoms with van der Waals surface area (Å²) in [6.07, 6.45) is -0.121. The van der Waals surface area contributed by atoms with Crippen molar-refractivity contribution >= 4 is 11.9 Å². The highest BCUT2D eigenvalue weighted by Crippen LogP contribution is 2.20. The van der Waals surface area contributed by atoms with Crippen molar-refractivity contribution in [1.82, 2.24) is 5.32 Å². The van der Waals surface area contributed by atoms with E-state index in [0.29, 0.717) is 16.9 Å². The first-order chi connectivity index (χ1) is 9.02. The van der Waals surface area contributed by atoms with Crippen LogP contribution in [-0.2, 0) is 16.0 Å². The van der Waals surface area contributed by atoms with E-state index in [1.54, 1.807) is 18.2 Å². The van der Waals surface area contributed by atoms with Crippen molar-refractivity contribution in [3.8, 4) is 17.6 Å². The third kappa shape index (κ3) is 5.13. The number of ether oxygens (including phenoxy) is 1. The molecule has 0 spiro atoms. The van der Waals surface area contributed by atoms with Gasteiger partial charge < -0.3 is 15.2 Å². The Kier molecular flexibility index (Phi) is 5.42. The summed E-state index contributed by atoms with van der Waals surface area (Å²) in [5.74, 6) is 5.08. The second kappa shape index (κ2) is 7.07. The summed E-state index contributed by atoms with van der Waals surface area (Å²) in [6, 6.07) is 5.10. The van der Waals surface area contributed by atoms with Gasteiger partial charge in [0.25, 0.3) is 0 Å². The van der Waals surface area contributed by atoms with Crippen LogP contribution in [0.2, 0.25) is 0 Å². The number of aliphatic carboxylic acids is 1. The van der Waals surface area contributed by atoms with Gasteiger partial charge in [0.15, 0.2) is 0 Å². The quantitative estimate of drug-likeness (QED) is 0.786. The Labute approximate surface area is 111 Å². The molecule has 2 N–H and O–H groups in total. The Morgan fingerprint density at radius 1 is 1.42 bits per heavy atom. The molecule has 0 saturated carbocycles. The fourth-order valence-corrected chi connectivity index (χ4v) is 1.47. The molecule has 100 valence electrons. The first kappa shape index (κ1) is 14.6. The number of amides is 1. The summed E-state index contributed by atoms with van der Waals surface area (Å²) in [5.41, 5.74) is 1.25. The maximum Gasteiger partial charge on any atom is 0.307 e. The monoisotopic (exact) mass is 261 g/mol. The number of carbonyl (C=O) groups is 2. The van der Waals surface area contributed by atoms with Gasteiger partial charge in [-0.25, -0.2) is 0 Å². The Bertz CT molecular complexity index is 540. The summed E-state index contributed by atoms with van der Waals surface area (Å²) in [5, 5.41) is 11.4. The molecule has 1 aromatic rings. The number of hydrogen-bond acceptors (Lipinski definition) is 3. The van der Waals surface area contributed by atoms with Crippen molar-refractivity contribution < 1.29 is 19.4 Å². The van der Waals surface area contributed by atoms with Gasteiger partial charge in [-0.1, -0.05) is 11.8 Å². The molecule has 0 fully saturated rings. The molecule has 1 amide bonds. The number of methoxy groups -OCH3 is 1. The molecule has 0 aliphatic heterocycles. The molecular formula is C14H15NO4. The summed E-state index contributed by atoms with van der Waals surface area (Å²) in [7, 11) is 1.49. The van der Waals surface area contributed by atoms with Crippen molar-refractivity contribution in [3.63, 3.8) is 0 Å². The molecule has 1 aromatic carbocycles. The number of hydrogen-bond donors (Lipinski definition) is 2. The van der Waals surface area contributed by atoms with Crippen LogP contribution in [0.3, 0.4) is 0 Å². The van der Waals surface area contributed by atoms with Gasteiger partial charge in [0, 0.05) is 18.1 Å². The van der Waals surface area contributed by atoms with Crippen molar-refractivity contribution in [1.29, 1.82) is 0 Å². The van der Waals surface area contributed by atoms with E-state index in [1.165, 1.54) is 14.0 Å². The normalized spacial score (nSPS) is 9.16. The average molecular weight is 261 g/mol. The van der Waals surface area contributed by atoms with Crippen LogP contribution >= 0.6 is 0 Å². The lowest BCUT2D eigenvalue weighted by molar-refractivity contribution is -0.136. The van der Waals surface area contributed by atoms with Crippen LogP contribution in [0.5, 0.6) is 5.75 Å². The molecule has 0 aliphatic rings. The average Bonchev–Trinajstić information content (AvgIpc) is 2.34. The molecule has 0 saturated heterocycles. The number of carboxylic acid groups (broad SMARTS) is 1. The molecule has 0 aliphatic carbocycles. The summed E-state index contributed by atoms with van der Waals surface area (Å²) in [6.45, 7) is 1.68. The van der Waals surface area contributed by atoms with Gasteiger partial charge in [-0.15, -0.1) is 0 Å². The number of benzene rings is 1. The molecule has 0 unspecified atom stereocenters. The maximum absolute atomic E-state index is 10.7. The molecule has 0 heterocycles. The van der Waals surface area contributed by atoms with Gasteiger partial charge in [0.2, 0.25) is 5.91 Å². The first-order valence-electron chi connectivity index (χ1n) is 5.65. The minimum Gasteiger partial charge on any atom is -0.496 e. The highest BCUT2D eigenvalue weighted by molar-refractivity contribution is 5.73. The second-order valence-corrected chi connectivity index (χ2v) is 3.81. The predicted octanol–water partition coefficient (Wildman–Crippen LogP) is 0.810. The standard InChI is InChI=1S/C14H15NO4/c1-10(16)15-7-3-4-11-5-6-13(19-2)12(8-11)9-14(17)18/h5-6,8H,7,9H2,1-2H3,(H,15,16)(H,17,18). The fraction of sp³-hybridized carbons (Fsp3) is 0.286. The summed E-state index contributed by atoms with van der Waals surface area (Å²) < 4.78 is 5.09. The summed E-state index contributed by atoms with van der Waals surface area (Å²) in [4.78, 5) is 21.4. The maximum atomic E-state index is 10.7. The number of nitrogens with one attached hydrogen (secondary N) is 1. The zero-order chi connectivity index (χ0) is 14.3.